The normalized spacial score (nSPS) is 11.8. The zero-order chi connectivity index (χ0) is 33.9. The predicted octanol–water partition coefficient (Wildman–Crippen LogP) is 9.98. The summed E-state index contributed by atoms with van der Waals surface area (Å²) in [6.45, 7) is 15.4. The highest BCUT2D eigenvalue weighted by Crippen LogP contribution is 2.53. The minimum Gasteiger partial charge on any atom is -0.273 e. The molecule has 0 bridgehead atoms. The largest absolute Gasteiger partial charge is 0.273 e. The highest BCUT2D eigenvalue weighted by molar-refractivity contribution is 6.03. The van der Waals surface area contributed by atoms with E-state index in [9.17, 15) is 10.5 Å². The zero-order valence-electron chi connectivity index (χ0n) is 25.9. The topological polar surface area (TPSA) is 114 Å². The van der Waals surface area contributed by atoms with Gasteiger partial charge in [0.25, 0.3) is 0 Å². The van der Waals surface area contributed by atoms with Gasteiger partial charge in [0.05, 0.1) is 46.3 Å². The highest BCUT2D eigenvalue weighted by atomic mass is 15.4. The van der Waals surface area contributed by atoms with Crippen LogP contribution in [0.3, 0.4) is 0 Å². The van der Waals surface area contributed by atoms with Gasteiger partial charge in [-0.1, -0.05) is 60.7 Å². The fourth-order valence-corrected chi connectivity index (χ4v) is 6.43. The third-order valence-corrected chi connectivity index (χ3v) is 8.80. The lowest BCUT2D eigenvalue weighted by atomic mass is 10.1. The van der Waals surface area contributed by atoms with Crippen LogP contribution in [-0.2, 0) is 0 Å². The summed E-state index contributed by atoms with van der Waals surface area (Å²) in [4.78, 5) is 31.4. The lowest BCUT2D eigenvalue weighted by Gasteiger charge is -2.37. The molecule has 1 aliphatic rings. The number of nitriles is 2. The summed E-state index contributed by atoms with van der Waals surface area (Å²) < 4.78 is 0. The molecule has 228 valence electrons. The number of nitrogens with zero attached hydrogens (tertiary/aromatic N) is 10. The van der Waals surface area contributed by atoms with Crippen molar-refractivity contribution in [2.24, 2.45) is 0 Å². The third-order valence-electron chi connectivity index (χ3n) is 8.80. The van der Waals surface area contributed by atoms with Crippen LogP contribution in [0.2, 0.25) is 0 Å². The minimum atomic E-state index is 0.185. The fraction of sp³-hybridized carbons (Fsp3) is 0. The molecule has 10 heteroatoms. The number of benzene rings is 6. The molecule has 0 fully saturated rings. The molecular formula is C40H18N10. The van der Waals surface area contributed by atoms with Crippen LogP contribution in [0.1, 0.15) is 11.1 Å². The summed E-state index contributed by atoms with van der Waals surface area (Å²) in [7, 11) is 0. The Bertz CT molecular complexity index is 2640. The molecular weight excluding hydrogens is 621 g/mol. The first-order valence-corrected chi connectivity index (χ1v) is 15.4. The lowest BCUT2D eigenvalue weighted by Crippen LogP contribution is -2.28. The molecule has 0 N–H and O–H groups in total. The summed E-state index contributed by atoms with van der Waals surface area (Å²) in [5.41, 5.74) is 3.98. The second kappa shape index (κ2) is 10.8. The van der Waals surface area contributed by atoms with Crippen molar-refractivity contribution in [2.45, 2.75) is 0 Å². The van der Waals surface area contributed by atoms with Gasteiger partial charge in [0.2, 0.25) is 0 Å². The number of fused-ring (bicyclic) bond motifs is 6. The monoisotopic (exact) mass is 638 g/mol. The summed E-state index contributed by atoms with van der Waals surface area (Å²) >= 11 is 0. The van der Waals surface area contributed by atoms with Crippen molar-refractivity contribution in [2.75, 3.05) is 9.80 Å². The van der Waals surface area contributed by atoms with Crippen LogP contribution in [0.5, 0.6) is 0 Å². The summed E-state index contributed by atoms with van der Waals surface area (Å²) in [5.74, 6) is 1.73. The first-order valence-electron chi connectivity index (χ1n) is 15.4. The Morgan fingerprint density at radius 1 is 0.460 bits per heavy atom. The Kier molecular flexibility index (Phi) is 6.13. The maximum Gasteiger partial charge on any atom is 0.196 e. The van der Waals surface area contributed by atoms with Crippen molar-refractivity contribution >= 4 is 89.6 Å². The van der Waals surface area contributed by atoms with Crippen LogP contribution in [0, 0.1) is 35.8 Å². The Balaban J connectivity index is 1.42. The van der Waals surface area contributed by atoms with Gasteiger partial charge in [-0.15, -0.1) is 0 Å². The zero-order valence-corrected chi connectivity index (χ0v) is 25.9. The van der Waals surface area contributed by atoms with Gasteiger partial charge >= 0.3 is 0 Å². The van der Waals surface area contributed by atoms with Crippen molar-refractivity contribution in [1.82, 2.24) is 19.9 Å². The van der Waals surface area contributed by atoms with Crippen LogP contribution in [0.25, 0.3) is 53.3 Å². The number of hydrogen-bond acceptors (Lipinski definition) is 8. The smallest absolute Gasteiger partial charge is 0.196 e. The van der Waals surface area contributed by atoms with Crippen LogP contribution in [0.4, 0.5) is 46.0 Å². The molecule has 10 nitrogen and oxygen atoms in total. The molecule has 0 spiro atoms. The quantitative estimate of drug-likeness (QED) is 0.172. The van der Waals surface area contributed by atoms with Crippen LogP contribution in [-0.4, -0.2) is 19.9 Å². The standard InChI is InChI=1S/C40H18N10/c1-43-31-19-35-36(20-32(31)44-2)48-40-39(47-35)49(29-13-11-23-7-3-5-9-25(23)15-29)37-38(46-34-18-28(22-42)27(21-41)17-33(34)45-37)50(40)30-14-12-24-8-4-6-10-26(24)16-30/h3-20H. The molecule has 0 saturated heterocycles. The van der Waals surface area contributed by atoms with Crippen molar-refractivity contribution in [3.63, 3.8) is 0 Å². The predicted molar refractivity (Wildman–Crippen MR) is 193 cm³/mol. The van der Waals surface area contributed by atoms with Crippen LogP contribution >= 0.6 is 0 Å². The van der Waals surface area contributed by atoms with E-state index in [1.807, 2.05) is 94.7 Å². The second-order valence-corrected chi connectivity index (χ2v) is 11.6. The molecule has 2 aromatic heterocycles. The van der Waals surface area contributed by atoms with E-state index < -0.39 is 0 Å². The van der Waals surface area contributed by atoms with E-state index >= 15 is 0 Å². The number of aromatic nitrogens is 4. The van der Waals surface area contributed by atoms with E-state index in [1.54, 1.807) is 24.3 Å². The highest BCUT2D eigenvalue weighted by Gasteiger charge is 2.37. The van der Waals surface area contributed by atoms with Gasteiger partial charge in [0.15, 0.2) is 34.6 Å². The SMILES string of the molecule is [C-]#[N+]c1cc2nc3c(nc2cc1[N+]#[C-])N(c1ccc2ccccc2c1)c1nc2cc(C#N)c(C#N)cc2nc1N3c1ccc2ccccc2c1. The molecule has 0 unspecified atom stereocenters. The fourth-order valence-electron chi connectivity index (χ4n) is 6.43. The van der Waals surface area contributed by atoms with Gasteiger partial charge in [-0.3, -0.25) is 19.5 Å². The van der Waals surface area contributed by atoms with E-state index in [0.717, 1.165) is 32.9 Å². The van der Waals surface area contributed by atoms with E-state index in [0.29, 0.717) is 45.3 Å². The van der Waals surface area contributed by atoms with Crippen molar-refractivity contribution < 1.29 is 0 Å². The molecule has 0 atom stereocenters. The van der Waals surface area contributed by atoms with E-state index in [-0.39, 0.29) is 22.5 Å². The van der Waals surface area contributed by atoms with Gasteiger partial charge < -0.3 is 0 Å². The first-order chi connectivity index (χ1) is 24.6. The number of rotatable bonds is 2. The van der Waals surface area contributed by atoms with Gasteiger partial charge in [0.1, 0.15) is 12.1 Å². The van der Waals surface area contributed by atoms with Gasteiger partial charge in [-0.05, 0) is 70.1 Å². The van der Waals surface area contributed by atoms with E-state index in [2.05, 4.69) is 21.8 Å². The van der Waals surface area contributed by atoms with Crippen molar-refractivity contribution in [3.8, 4) is 12.1 Å². The Morgan fingerprint density at radius 2 is 0.820 bits per heavy atom. The lowest BCUT2D eigenvalue weighted by molar-refractivity contribution is 1.03. The summed E-state index contributed by atoms with van der Waals surface area (Å²) in [6, 6.07) is 38.7. The second-order valence-electron chi connectivity index (χ2n) is 11.6. The van der Waals surface area contributed by atoms with E-state index in [4.69, 9.17) is 33.1 Å². The third kappa shape index (κ3) is 4.25. The number of anilines is 6. The van der Waals surface area contributed by atoms with Gasteiger partial charge in [0, 0.05) is 11.4 Å². The maximum atomic E-state index is 9.84. The molecule has 0 saturated carbocycles. The average Bonchev–Trinajstić information content (AvgIpc) is 3.17. The average molecular weight is 639 g/mol. The number of hydrogen-bond donors (Lipinski definition) is 0. The molecule has 0 aliphatic carbocycles. The molecule has 8 aromatic rings. The van der Waals surface area contributed by atoms with Crippen LogP contribution in [0.15, 0.2) is 109 Å². The molecule has 6 aromatic carbocycles. The van der Waals surface area contributed by atoms with E-state index in [1.165, 1.54) is 0 Å². The Hall–Kier alpha value is -7.92. The first kappa shape index (κ1) is 28.3. The Labute approximate surface area is 284 Å². The van der Waals surface area contributed by atoms with Crippen LogP contribution < -0.4 is 9.80 Å². The molecule has 3 heterocycles. The van der Waals surface area contributed by atoms with Crippen molar-refractivity contribution in [1.29, 1.82) is 10.5 Å². The molecule has 0 radical (unpaired) electrons. The minimum absolute atomic E-state index is 0.185. The summed E-state index contributed by atoms with van der Waals surface area (Å²) in [6.07, 6.45) is 0. The molecule has 50 heavy (non-hydrogen) atoms. The molecule has 9 rings (SSSR count). The van der Waals surface area contributed by atoms with Gasteiger partial charge in [-0.2, -0.15) is 10.5 Å². The Morgan fingerprint density at radius 3 is 1.18 bits per heavy atom. The molecule has 0 amide bonds. The maximum absolute atomic E-state index is 9.84. The summed E-state index contributed by atoms with van der Waals surface area (Å²) in [5, 5.41) is 23.8. The van der Waals surface area contributed by atoms with Crippen molar-refractivity contribution in [3.05, 3.63) is 143 Å². The molecule has 1 aliphatic heterocycles. The van der Waals surface area contributed by atoms with Gasteiger partial charge in [-0.25, -0.2) is 19.9 Å².